The van der Waals surface area contributed by atoms with Gasteiger partial charge in [0.25, 0.3) is 0 Å². The Hall–Kier alpha value is -2.60. The molecule has 1 aromatic carbocycles. The van der Waals surface area contributed by atoms with Crippen molar-refractivity contribution in [3.8, 4) is 0 Å². The van der Waals surface area contributed by atoms with Gasteiger partial charge in [0.05, 0.1) is 12.6 Å². The second-order valence-electron chi connectivity index (χ2n) is 6.48. The molecule has 1 aliphatic rings. The predicted octanol–water partition coefficient (Wildman–Crippen LogP) is 2.76. The van der Waals surface area contributed by atoms with Gasteiger partial charge in [0.15, 0.2) is 0 Å². The molecule has 0 bridgehead atoms. The van der Waals surface area contributed by atoms with Crippen LogP contribution in [0.15, 0.2) is 42.6 Å². The molecule has 25 heavy (non-hydrogen) atoms. The smallest absolute Gasteiger partial charge is 0.238 e. The van der Waals surface area contributed by atoms with E-state index in [1.807, 2.05) is 19.3 Å². The first-order valence-corrected chi connectivity index (χ1v) is 8.56. The second kappa shape index (κ2) is 7.53. The lowest BCUT2D eigenvalue weighted by Gasteiger charge is -2.24. The molecule has 0 unspecified atom stereocenters. The van der Waals surface area contributed by atoms with Crippen molar-refractivity contribution in [3.63, 3.8) is 0 Å². The summed E-state index contributed by atoms with van der Waals surface area (Å²) in [6, 6.07) is 11.6. The van der Waals surface area contributed by atoms with Gasteiger partial charge in [-0.05, 0) is 55.8 Å². The van der Waals surface area contributed by atoms with E-state index in [0.717, 1.165) is 25.1 Å². The van der Waals surface area contributed by atoms with Gasteiger partial charge in [-0.1, -0.05) is 0 Å². The SMILES string of the molecule is CC(=O)Nc1ccc(NC(=O)CN2CCC[C@@H]2c2cccn2C)cc1. The van der Waals surface area contributed by atoms with Gasteiger partial charge in [0.2, 0.25) is 11.8 Å². The molecule has 2 N–H and O–H groups in total. The fourth-order valence-corrected chi connectivity index (χ4v) is 3.40. The minimum absolute atomic E-state index is 0.0200. The standard InChI is InChI=1S/C19H24N4O2/c1-14(24)20-15-7-9-16(10-8-15)21-19(25)13-23-12-4-6-18(23)17-5-3-11-22(17)2/h3,5,7-11,18H,4,6,12-13H2,1-2H3,(H,20,24)(H,21,25)/t18-/m1/s1. The number of amides is 2. The van der Waals surface area contributed by atoms with E-state index in [1.165, 1.54) is 12.6 Å². The third kappa shape index (κ3) is 4.28. The molecule has 1 aromatic heterocycles. The molecule has 1 aliphatic heterocycles. The van der Waals surface area contributed by atoms with Crippen molar-refractivity contribution in [2.45, 2.75) is 25.8 Å². The monoisotopic (exact) mass is 340 g/mol. The number of likely N-dealkylation sites (tertiary alicyclic amines) is 1. The first-order valence-electron chi connectivity index (χ1n) is 8.56. The summed E-state index contributed by atoms with van der Waals surface area (Å²) in [6.45, 7) is 2.78. The quantitative estimate of drug-likeness (QED) is 0.879. The summed E-state index contributed by atoms with van der Waals surface area (Å²) in [7, 11) is 2.04. The van der Waals surface area contributed by atoms with E-state index >= 15 is 0 Å². The van der Waals surface area contributed by atoms with Crippen LogP contribution in [-0.4, -0.2) is 34.4 Å². The van der Waals surface area contributed by atoms with Crippen LogP contribution in [-0.2, 0) is 16.6 Å². The molecule has 0 radical (unpaired) electrons. The molecule has 2 amide bonds. The van der Waals surface area contributed by atoms with Crippen molar-refractivity contribution >= 4 is 23.2 Å². The Kier molecular flexibility index (Phi) is 5.19. The van der Waals surface area contributed by atoms with E-state index in [1.54, 1.807) is 24.3 Å². The van der Waals surface area contributed by atoms with E-state index in [-0.39, 0.29) is 11.8 Å². The lowest BCUT2D eigenvalue weighted by molar-refractivity contribution is -0.117. The van der Waals surface area contributed by atoms with Crippen LogP contribution in [0.2, 0.25) is 0 Å². The highest BCUT2D eigenvalue weighted by atomic mass is 16.2. The Bertz CT molecular complexity index is 751. The summed E-state index contributed by atoms with van der Waals surface area (Å²) in [5.41, 5.74) is 2.70. The van der Waals surface area contributed by atoms with Crippen molar-refractivity contribution in [2.24, 2.45) is 7.05 Å². The molecular formula is C19H24N4O2. The normalized spacial score (nSPS) is 17.4. The fourth-order valence-electron chi connectivity index (χ4n) is 3.40. The van der Waals surface area contributed by atoms with E-state index in [0.29, 0.717) is 18.3 Å². The largest absolute Gasteiger partial charge is 0.353 e. The van der Waals surface area contributed by atoms with E-state index in [4.69, 9.17) is 0 Å². The van der Waals surface area contributed by atoms with Crippen LogP contribution < -0.4 is 10.6 Å². The highest BCUT2D eigenvalue weighted by molar-refractivity contribution is 5.93. The third-order valence-corrected chi connectivity index (χ3v) is 4.52. The maximum atomic E-state index is 12.4. The number of aryl methyl sites for hydroxylation is 1. The van der Waals surface area contributed by atoms with Gasteiger partial charge in [-0.2, -0.15) is 0 Å². The van der Waals surface area contributed by atoms with E-state index in [2.05, 4.69) is 26.2 Å². The zero-order valence-corrected chi connectivity index (χ0v) is 14.7. The summed E-state index contributed by atoms with van der Waals surface area (Å²) >= 11 is 0. The molecule has 2 aromatic rings. The molecule has 0 spiro atoms. The Morgan fingerprint density at radius 3 is 2.40 bits per heavy atom. The number of benzene rings is 1. The van der Waals surface area contributed by atoms with Crippen molar-refractivity contribution < 1.29 is 9.59 Å². The number of hydrogen-bond donors (Lipinski definition) is 2. The van der Waals surface area contributed by atoms with Gasteiger partial charge < -0.3 is 15.2 Å². The lowest BCUT2D eigenvalue weighted by Crippen LogP contribution is -2.33. The van der Waals surface area contributed by atoms with Gasteiger partial charge in [-0.15, -0.1) is 0 Å². The molecule has 6 nitrogen and oxygen atoms in total. The summed E-state index contributed by atoms with van der Waals surface area (Å²) < 4.78 is 2.13. The number of carbonyl (C=O) groups excluding carboxylic acids is 2. The van der Waals surface area contributed by atoms with Gasteiger partial charge in [0.1, 0.15) is 0 Å². The Labute approximate surface area is 147 Å². The molecular weight excluding hydrogens is 316 g/mol. The zero-order chi connectivity index (χ0) is 17.8. The number of aromatic nitrogens is 1. The molecule has 0 aliphatic carbocycles. The molecule has 2 heterocycles. The van der Waals surface area contributed by atoms with Crippen LogP contribution >= 0.6 is 0 Å². The van der Waals surface area contributed by atoms with Gasteiger partial charge in [0, 0.05) is 37.2 Å². The van der Waals surface area contributed by atoms with Crippen LogP contribution in [0.4, 0.5) is 11.4 Å². The number of nitrogens with zero attached hydrogens (tertiary/aromatic N) is 2. The summed E-state index contributed by atoms with van der Waals surface area (Å²) in [4.78, 5) is 25.7. The maximum absolute atomic E-state index is 12.4. The van der Waals surface area contributed by atoms with Crippen molar-refractivity contribution in [1.82, 2.24) is 9.47 Å². The first-order chi connectivity index (χ1) is 12.0. The summed E-state index contributed by atoms with van der Waals surface area (Å²) in [5, 5.41) is 5.64. The van der Waals surface area contributed by atoms with Crippen LogP contribution in [0.1, 0.15) is 31.5 Å². The molecule has 0 saturated carbocycles. The Balaban J connectivity index is 1.58. The average Bonchev–Trinajstić information content (AvgIpc) is 3.17. The number of carbonyl (C=O) groups is 2. The zero-order valence-electron chi connectivity index (χ0n) is 14.7. The van der Waals surface area contributed by atoms with Gasteiger partial charge in [-0.3, -0.25) is 14.5 Å². The van der Waals surface area contributed by atoms with Crippen LogP contribution in [0.5, 0.6) is 0 Å². The van der Waals surface area contributed by atoms with E-state index < -0.39 is 0 Å². The van der Waals surface area contributed by atoms with Crippen molar-refractivity contribution in [2.75, 3.05) is 23.7 Å². The fraction of sp³-hybridized carbons (Fsp3) is 0.368. The Morgan fingerprint density at radius 2 is 1.80 bits per heavy atom. The second-order valence-corrected chi connectivity index (χ2v) is 6.48. The van der Waals surface area contributed by atoms with E-state index in [9.17, 15) is 9.59 Å². The minimum atomic E-state index is -0.113. The van der Waals surface area contributed by atoms with Crippen LogP contribution in [0.3, 0.4) is 0 Å². The number of anilines is 2. The van der Waals surface area contributed by atoms with Crippen LogP contribution in [0.25, 0.3) is 0 Å². The molecule has 1 fully saturated rings. The molecule has 1 atom stereocenters. The minimum Gasteiger partial charge on any atom is -0.353 e. The number of hydrogen-bond acceptors (Lipinski definition) is 3. The summed E-state index contributed by atoms with van der Waals surface area (Å²) in [5.74, 6) is -0.133. The molecule has 6 heteroatoms. The number of nitrogens with one attached hydrogen (secondary N) is 2. The third-order valence-electron chi connectivity index (χ3n) is 4.52. The predicted molar refractivity (Wildman–Crippen MR) is 98.3 cm³/mol. The number of rotatable bonds is 5. The lowest BCUT2D eigenvalue weighted by atomic mass is 10.1. The topological polar surface area (TPSA) is 66.4 Å². The summed E-state index contributed by atoms with van der Waals surface area (Å²) in [6.07, 6.45) is 4.23. The van der Waals surface area contributed by atoms with Crippen molar-refractivity contribution in [1.29, 1.82) is 0 Å². The molecule has 3 rings (SSSR count). The molecule has 1 saturated heterocycles. The Morgan fingerprint density at radius 1 is 1.12 bits per heavy atom. The highest BCUT2D eigenvalue weighted by Gasteiger charge is 2.28. The van der Waals surface area contributed by atoms with Gasteiger partial charge >= 0.3 is 0 Å². The molecule has 132 valence electrons. The van der Waals surface area contributed by atoms with Crippen LogP contribution in [0, 0.1) is 0 Å². The first kappa shape index (κ1) is 17.2. The highest BCUT2D eigenvalue weighted by Crippen LogP contribution is 2.31. The van der Waals surface area contributed by atoms with Gasteiger partial charge in [-0.25, -0.2) is 0 Å². The van der Waals surface area contributed by atoms with Crippen molar-refractivity contribution in [3.05, 3.63) is 48.3 Å². The average molecular weight is 340 g/mol. The maximum Gasteiger partial charge on any atom is 0.238 e.